The number of phosphoric acid groups is 1. The van der Waals surface area contributed by atoms with Gasteiger partial charge in [0.1, 0.15) is 11.2 Å². The molecule has 0 aromatic rings. The minimum absolute atomic E-state index is 0.00399. The number of ether oxygens (including phenoxy) is 4. The topological polar surface area (TPSA) is 280 Å². The van der Waals surface area contributed by atoms with Crippen LogP contribution in [0, 0.1) is 0 Å². The van der Waals surface area contributed by atoms with E-state index in [0.717, 1.165) is 64.2 Å². The molecule has 2 unspecified atom stereocenters. The molecule has 22 nitrogen and oxygen atoms in total. The van der Waals surface area contributed by atoms with E-state index in [9.17, 15) is 39.1 Å². The lowest BCUT2D eigenvalue weighted by molar-refractivity contribution is -0.123. The zero-order chi connectivity index (χ0) is 78.4. The number of hydrogen-bond donors (Lipinski definition) is 7. The number of phosphoric ester groups is 1. The van der Waals surface area contributed by atoms with Gasteiger partial charge in [-0.3, -0.25) is 23.2 Å². The van der Waals surface area contributed by atoms with Crippen LogP contribution in [0.5, 0.6) is 0 Å². The number of unbranched alkanes of at least 4 members (excludes halogenated alkanes) is 28. The standard InChI is InChI=1S/C37H73N2O9P.C27H55NO4.C16H33N2O4P/c1-7-10-12-14-15-16-17-18-19-21-23-25-35(41)39-33(31-44-29-26-34(40)24-22-20-13-11-8-2)32-47-49(43,45-28-9-3)46-30-27-38-36(42)48-37(4,5)6;1-3-5-7-9-10-11-12-13-14-16-18-20-27(31)28-25(23-29)24-32-22-21-26(30)19-17-15-8-6-4-2;1-9-11-20-23(18(13(2)3)14(4)5)21-12-10-17-15(19)22-16(6,7)8/h9,33-34,40H,3,7-8,10-32H2,1-2,4-6H3,(H,38,42)(H,39,41);25-26,29-30H,3-24H2,1-2H3,(H,28,31);9,13-14H,1,10-12H2,2-8H3,(H,17,19)/t33-,34+,49?;25-,26-;/m01./s1. The van der Waals surface area contributed by atoms with Crippen molar-refractivity contribution in [3.63, 3.8) is 0 Å². The number of carbonyl (C=O) groups excluding carboxylic acids is 4. The molecular weight excluding hydrogens is 1360 g/mol. The summed E-state index contributed by atoms with van der Waals surface area (Å²) in [6, 6.07) is -0.383. The molecule has 0 rings (SSSR count). The number of aliphatic hydroxyl groups excluding tert-OH is 3. The lowest BCUT2D eigenvalue weighted by Gasteiger charge is -2.35. The maximum atomic E-state index is 13.4. The zero-order valence-corrected chi connectivity index (χ0v) is 70.6. The lowest BCUT2D eigenvalue weighted by atomic mass is 10.1. The molecule has 0 heterocycles. The molecule has 0 aliphatic carbocycles. The van der Waals surface area contributed by atoms with Gasteiger partial charge in [0.25, 0.3) is 8.53 Å². The van der Waals surface area contributed by atoms with E-state index in [1.165, 1.54) is 160 Å². The van der Waals surface area contributed by atoms with E-state index in [4.69, 9.17) is 41.6 Å². The number of amides is 4. The first-order valence-corrected chi connectivity index (χ1v) is 43.5. The second-order valence-corrected chi connectivity index (χ2v) is 33.1. The largest absolute Gasteiger partial charge is 0.475 e. The summed E-state index contributed by atoms with van der Waals surface area (Å²) in [4.78, 5) is 48.5. The van der Waals surface area contributed by atoms with Gasteiger partial charge in [-0.15, -0.1) is 13.2 Å². The summed E-state index contributed by atoms with van der Waals surface area (Å²) in [6.07, 6.45) is 43.7. The molecule has 7 N–H and O–H groups in total. The summed E-state index contributed by atoms with van der Waals surface area (Å²) in [6.45, 7) is 37.1. The Labute approximate surface area is 636 Å². The van der Waals surface area contributed by atoms with Gasteiger partial charge in [0.15, 0.2) is 0 Å². The molecule has 0 fully saturated rings. The van der Waals surface area contributed by atoms with Crippen LogP contribution in [-0.2, 0) is 55.7 Å². The van der Waals surface area contributed by atoms with Gasteiger partial charge in [-0.2, -0.15) is 0 Å². The molecule has 104 heavy (non-hydrogen) atoms. The first-order valence-electron chi connectivity index (χ1n) is 40.9. The molecule has 0 saturated heterocycles. The van der Waals surface area contributed by atoms with Gasteiger partial charge in [-0.1, -0.05) is 232 Å². The molecule has 6 atom stereocenters. The van der Waals surface area contributed by atoms with Crippen LogP contribution in [0.1, 0.15) is 341 Å². The predicted octanol–water partition coefficient (Wildman–Crippen LogP) is 19.5. The summed E-state index contributed by atoms with van der Waals surface area (Å²) < 4.78 is 65.4. The molecule has 4 amide bonds. The van der Waals surface area contributed by atoms with Crippen molar-refractivity contribution in [3.8, 4) is 0 Å². The van der Waals surface area contributed by atoms with E-state index in [1.807, 2.05) is 20.8 Å². The third-order valence-corrected chi connectivity index (χ3v) is 19.9. The van der Waals surface area contributed by atoms with Crippen LogP contribution in [-0.4, -0.2) is 171 Å². The molecule has 0 aliphatic rings. The Morgan fingerprint density at radius 2 is 0.808 bits per heavy atom. The monoisotopic (exact) mass is 1530 g/mol. The number of aliphatic hydroxyl groups is 3. The van der Waals surface area contributed by atoms with Crippen LogP contribution in [0.4, 0.5) is 9.59 Å². The average molecular weight is 1530 g/mol. The van der Waals surface area contributed by atoms with Crippen LogP contribution in [0.3, 0.4) is 0 Å². The molecule has 0 spiro atoms. The summed E-state index contributed by atoms with van der Waals surface area (Å²) in [7, 11) is -5.26. The van der Waals surface area contributed by atoms with E-state index in [2.05, 4.69) is 94.5 Å². The second-order valence-electron chi connectivity index (χ2n) is 30.0. The quantitative estimate of drug-likeness (QED) is 0.0169. The number of nitrogens with one attached hydrogen (secondary N) is 4. The van der Waals surface area contributed by atoms with E-state index in [0.29, 0.717) is 77.3 Å². The average Bonchev–Trinajstić information content (AvgIpc) is 0.889. The fourth-order valence-corrected chi connectivity index (χ4v) is 13.6. The maximum Gasteiger partial charge on any atom is 0.475 e. The highest BCUT2D eigenvalue weighted by Gasteiger charge is 2.30. The summed E-state index contributed by atoms with van der Waals surface area (Å²) in [5.41, 5.74) is -1.16. The number of nitrogens with zero attached hydrogens (tertiary/aromatic N) is 1. The highest BCUT2D eigenvalue weighted by Crippen LogP contribution is 2.49. The Morgan fingerprint density at radius 3 is 1.17 bits per heavy atom. The molecule has 0 radical (unpaired) electrons. The van der Waals surface area contributed by atoms with Crippen LogP contribution in [0.25, 0.3) is 0 Å². The van der Waals surface area contributed by atoms with Crippen LogP contribution >= 0.6 is 16.3 Å². The van der Waals surface area contributed by atoms with Gasteiger partial charge >= 0.3 is 20.0 Å². The molecule has 24 heteroatoms. The smallest absolute Gasteiger partial charge is 0.444 e. The number of hydrogen-bond acceptors (Lipinski definition) is 18. The van der Waals surface area contributed by atoms with E-state index in [1.54, 1.807) is 26.8 Å². The Morgan fingerprint density at radius 1 is 0.452 bits per heavy atom. The second kappa shape index (κ2) is 73.0. The molecule has 0 saturated carbocycles. The number of carbonyl (C=O) groups is 4. The predicted molar refractivity (Wildman–Crippen MR) is 428 cm³/mol. The van der Waals surface area contributed by atoms with Gasteiger partial charge < -0.3 is 64.6 Å². The van der Waals surface area contributed by atoms with Gasteiger partial charge in [0.05, 0.1) is 77.1 Å². The number of alkyl carbamates (subject to hydrolysis) is 2. The van der Waals surface area contributed by atoms with Gasteiger partial charge in [0.2, 0.25) is 11.8 Å². The third-order valence-electron chi connectivity index (χ3n) is 16.4. The summed E-state index contributed by atoms with van der Waals surface area (Å²) in [5.74, 6) is -0.139. The van der Waals surface area contributed by atoms with Gasteiger partial charge in [-0.25, -0.2) is 18.8 Å². The zero-order valence-electron chi connectivity index (χ0n) is 68.8. The Bertz CT molecular complexity index is 2030. The Kier molecular flexibility index (Phi) is 74.0. The molecule has 0 aromatic carbocycles. The first-order chi connectivity index (χ1) is 49.7. The maximum absolute atomic E-state index is 13.4. The normalized spacial score (nSPS) is 13.7. The molecule has 618 valence electrons. The van der Waals surface area contributed by atoms with E-state index < -0.39 is 51.9 Å². The fourth-order valence-electron chi connectivity index (χ4n) is 10.8. The molecule has 0 aliphatic heterocycles. The van der Waals surface area contributed by atoms with Crippen molar-refractivity contribution in [2.45, 2.75) is 389 Å². The van der Waals surface area contributed by atoms with Crippen molar-refractivity contribution in [2.75, 3.05) is 79.2 Å². The van der Waals surface area contributed by atoms with Gasteiger partial charge in [-0.05, 0) is 108 Å². The Hall–Kier alpha value is -2.82. The van der Waals surface area contributed by atoms with Crippen molar-refractivity contribution >= 4 is 40.3 Å². The van der Waals surface area contributed by atoms with Crippen LogP contribution in [0.15, 0.2) is 25.3 Å². The molecular formula is C80H161N5O17P2. The summed E-state index contributed by atoms with van der Waals surface area (Å²) in [5, 5.41) is 40.9. The first kappa shape index (κ1) is 105. The van der Waals surface area contributed by atoms with Crippen molar-refractivity contribution in [2.24, 2.45) is 0 Å². The van der Waals surface area contributed by atoms with Crippen LogP contribution in [0.2, 0.25) is 0 Å². The van der Waals surface area contributed by atoms with Crippen LogP contribution < -0.4 is 21.3 Å². The minimum Gasteiger partial charge on any atom is -0.444 e. The minimum atomic E-state index is -4.07. The highest BCUT2D eigenvalue weighted by atomic mass is 31.2. The van der Waals surface area contributed by atoms with E-state index in [-0.39, 0.29) is 63.5 Å². The fraction of sp³-hybridized carbons (Fsp3) is 0.900. The molecule has 0 bridgehead atoms. The van der Waals surface area contributed by atoms with Crippen molar-refractivity contribution < 1.29 is 80.6 Å². The SMILES string of the molecule is C=CCOP(=O)(OCCNC(=O)OC(C)(C)C)OC[C@H](COCC[C@H](O)CCCCCCC)NC(=O)CCCCCCCCCCCCC.C=CCOP(OCCNC(=O)OC(C)(C)C)N(C(C)C)C(C)C.CCCCCCCCCCCCCC(=O)N[C@H](CO)COCC[C@H](O)CCCCCCC. The third kappa shape index (κ3) is 74.6. The highest BCUT2D eigenvalue weighted by molar-refractivity contribution is 7.48. The molecule has 0 aromatic heterocycles. The van der Waals surface area contributed by atoms with Crippen molar-refractivity contribution in [1.82, 2.24) is 25.9 Å². The van der Waals surface area contributed by atoms with Crippen molar-refractivity contribution in [1.29, 1.82) is 0 Å². The number of rotatable bonds is 69. The van der Waals surface area contributed by atoms with Gasteiger partial charge in [0, 0.05) is 51.2 Å². The lowest BCUT2D eigenvalue weighted by Crippen LogP contribution is -2.41. The van der Waals surface area contributed by atoms with Crippen molar-refractivity contribution in [3.05, 3.63) is 25.3 Å². The Balaban J connectivity index is -0.00000159. The van der Waals surface area contributed by atoms with E-state index >= 15 is 0 Å². The summed E-state index contributed by atoms with van der Waals surface area (Å²) >= 11 is 0.